The van der Waals surface area contributed by atoms with E-state index in [4.69, 9.17) is 19.8 Å². The first-order chi connectivity index (χ1) is 51.3. The maximum absolute atomic E-state index is 9.41. The molecule has 0 unspecified atom stereocenters. The number of hydrogen-bond acceptors (Lipinski definition) is 2. The summed E-state index contributed by atoms with van der Waals surface area (Å²) in [4.78, 5) is 0. The van der Waals surface area contributed by atoms with E-state index in [1.54, 1.807) is 0 Å². The smallest absolute Gasteiger partial charge is 0.135 e. The third kappa shape index (κ3) is 8.41. The second-order valence-electron chi connectivity index (χ2n) is 22.5. The van der Waals surface area contributed by atoms with Crippen molar-refractivity contribution in [2.45, 2.75) is 0 Å². The summed E-state index contributed by atoms with van der Waals surface area (Å²) in [5.41, 5.74) is 10.5. The maximum Gasteiger partial charge on any atom is 0.135 e. The van der Waals surface area contributed by atoms with Crippen LogP contribution in [0.3, 0.4) is 0 Å². The first-order valence-corrected chi connectivity index (χ1v) is 29.6. The van der Waals surface area contributed by atoms with Crippen LogP contribution in [-0.4, -0.2) is 0 Å². The third-order valence-corrected chi connectivity index (χ3v) is 17.6. The summed E-state index contributed by atoms with van der Waals surface area (Å²) in [6.45, 7) is 0. The molecule has 19 rings (SSSR count). The lowest BCUT2D eigenvalue weighted by molar-refractivity contribution is 0.668. The largest absolute Gasteiger partial charge is 0.456 e. The molecule has 0 amide bonds. The third-order valence-electron chi connectivity index (χ3n) is 17.6. The Morgan fingerprint density at radius 2 is 0.522 bits per heavy atom. The topological polar surface area (TPSA) is 26.3 Å². The van der Waals surface area contributed by atoms with Crippen molar-refractivity contribution in [1.82, 2.24) is 0 Å². The summed E-state index contributed by atoms with van der Waals surface area (Å²) in [6, 6.07) is 68.3. The summed E-state index contributed by atoms with van der Waals surface area (Å²) in [5.74, 6) is 0. The van der Waals surface area contributed by atoms with Crippen LogP contribution in [0.4, 0.5) is 0 Å². The van der Waals surface area contributed by atoms with Gasteiger partial charge in [-0.05, 0) is 191 Å². The van der Waals surface area contributed by atoms with E-state index in [2.05, 4.69) is 12.1 Å². The Kier molecular flexibility index (Phi) is 8.77. The predicted molar refractivity (Wildman–Crippen MR) is 383 cm³/mol. The number of benzene rings is 17. The van der Waals surface area contributed by atoms with Crippen molar-refractivity contribution in [1.29, 1.82) is 0 Å². The minimum absolute atomic E-state index is 0.190. The molecule has 0 saturated heterocycles. The zero-order valence-electron chi connectivity index (χ0n) is 63.8. The van der Waals surface area contributed by atoms with E-state index in [1.807, 2.05) is 218 Å². The van der Waals surface area contributed by atoms with E-state index >= 15 is 0 Å². The zero-order valence-corrected chi connectivity index (χ0v) is 47.8. The SMILES string of the molecule is [2H]c1c([2H])c([2H])c2c(-c3cc4ccccc4c4ccccc34)c3c([2H])c([2H])c([2H])c([2H])c3c(-c3ccc(-c4ccc5oc6ccccc6c5c4)cc3)c2c1[2H].[2H]c1c([2H])c([2H])c2c(-c3ccc4ccccc4c3)c3c([2H])c([2H])c([2H])c([2H])c3c(-c3ccc(-c4ccc5oc6ccccc6c5c4)cc3)c2c1[2H]. The molecule has 0 atom stereocenters. The molecule has 90 heavy (non-hydrogen) atoms. The zero-order chi connectivity index (χ0) is 73.2. The minimum Gasteiger partial charge on any atom is -0.456 e. The van der Waals surface area contributed by atoms with Crippen LogP contribution < -0.4 is 0 Å². The minimum atomic E-state index is -0.425. The fourth-order valence-corrected chi connectivity index (χ4v) is 13.5. The lowest BCUT2D eigenvalue weighted by Gasteiger charge is -2.19. The molecule has 0 N–H and O–H groups in total. The average molecular weight is 1160 g/mol. The van der Waals surface area contributed by atoms with E-state index in [9.17, 15) is 11.0 Å². The molecule has 0 aliphatic rings. The highest BCUT2D eigenvalue weighted by Crippen LogP contribution is 2.48. The van der Waals surface area contributed by atoms with Gasteiger partial charge in [-0.2, -0.15) is 0 Å². The predicted octanol–water partition coefficient (Wildman–Crippen LogP) is 25.2. The normalized spacial score (nSPS) is 14.3. The molecule has 2 heteroatoms. The van der Waals surface area contributed by atoms with E-state index in [1.165, 1.54) is 0 Å². The molecule has 0 saturated carbocycles. The molecule has 17 aromatic carbocycles. The average Bonchev–Trinajstić information content (AvgIpc) is 0.717. The Morgan fingerprint density at radius 1 is 0.189 bits per heavy atom. The van der Waals surface area contributed by atoms with Crippen LogP contribution in [0.15, 0.2) is 336 Å². The fourth-order valence-electron chi connectivity index (χ4n) is 13.5. The molecular weight excluding hydrogens is 1090 g/mol. The van der Waals surface area contributed by atoms with Gasteiger partial charge in [-0.1, -0.05) is 279 Å². The molecule has 0 fully saturated rings. The van der Waals surface area contributed by atoms with Gasteiger partial charge in [-0.3, -0.25) is 0 Å². The van der Waals surface area contributed by atoms with Gasteiger partial charge in [-0.25, -0.2) is 0 Å². The summed E-state index contributed by atoms with van der Waals surface area (Å²) in [7, 11) is 0. The highest BCUT2D eigenvalue weighted by atomic mass is 16.3. The molecular formula is C88H54O2. The van der Waals surface area contributed by atoms with Gasteiger partial charge in [0, 0.05) is 21.5 Å². The van der Waals surface area contributed by atoms with Gasteiger partial charge >= 0.3 is 0 Å². The molecule has 418 valence electrons. The molecule has 19 aromatic rings. The number of hydrogen-bond donors (Lipinski definition) is 0. The van der Waals surface area contributed by atoms with Crippen LogP contribution in [-0.2, 0) is 0 Å². The van der Waals surface area contributed by atoms with Gasteiger partial charge in [0.25, 0.3) is 0 Å². The monoisotopic (exact) mass is 1160 g/mol. The highest BCUT2D eigenvalue weighted by Gasteiger charge is 2.21. The Hall–Kier alpha value is -11.8. The molecule has 0 aliphatic carbocycles. The summed E-state index contributed by atoms with van der Waals surface area (Å²) < 4.78 is 157. The van der Waals surface area contributed by atoms with E-state index in [-0.39, 0.29) is 91.4 Å². The molecule has 0 spiro atoms. The molecule has 0 radical (unpaired) electrons. The lowest BCUT2D eigenvalue weighted by atomic mass is 9.83. The quantitative estimate of drug-likeness (QED) is 0.123. The van der Waals surface area contributed by atoms with Crippen LogP contribution in [0.5, 0.6) is 0 Å². The van der Waals surface area contributed by atoms with Gasteiger partial charge in [0.15, 0.2) is 0 Å². The van der Waals surface area contributed by atoms with Gasteiger partial charge in [0.2, 0.25) is 0 Å². The molecule has 2 heterocycles. The Balaban J connectivity index is 0.000000151. The second-order valence-corrected chi connectivity index (χ2v) is 22.5. The van der Waals surface area contributed by atoms with Crippen LogP contribution in [0, 0.1) is 0 Å². The van der Waals surface area contributed by atoms with Gasteiger partial charge in [0.1, 0.15) is 22.3 Å². The van der Waals surface area contributed by atoms with E-state index in [0.717, 1.165) is 98.4 Å². The molecule has 2 aromatic heterocycles. The number of fused-ring (bicyclic) bond motifs is 14. The summed E-state index contributed by atoms with van der Waals surface area (Å²) in [6.07, 6.45) is 0. The van der Waals surface area contributed by atoms with Crippen LogP contribution in [0.2, 0.25) is 0 Å². The van der Waals surface area contributed by atoms with Crippen molar-refractivity contribution in [3.05, 3.63) is 327 Å². The first-order valence-electron chi connectivity index (χ1n) is 37.6. The standard InChI is InChI=1S/C46H28O.C42H26O/c1-2-12-33-32(11-1)28-42(35-14-4-3-13-34(33)35)46-39-18-7-5-16-37(39)45(38-17-6-8-19-40(38)46)30-23-21-29(22-24-30)31-25-26-44-41(27-31)36-15-9-10-20-43(36)47-44;1-2-10-30-25-32(22-19-27(30)9-1)42-36-14-5-3-12-34(36)41(35-13-4-6-15-37(35)42)29-20-17-28(18-21-29)31-23-24-40-38(26-31)33-11-7-8-16-39(33)43-40/h1-28H;1-26H/i5D,6D,7D,8D,16D,17D,18D,19D;3D,4D,5D,6D,12D,13D,14D,15D. The van der Waals surface area contributed by atoms with Crippen LogP contribution in [0.25, 0.3) is 186 Å². The molecule has 0 aliphatic heterocycles. The molecule has 2 nitrogen and oxygen atoms in total. The summed E-state index contributed by atoms with van der Waals surface area (Å²) in [5, 5.41) is 11.0. The second kappa shape index (κ2) is 21.0. The van der Waals surface area contributed by atoms with Crippen LogP contribution in [0.1, 0.15) is 21.9 Å². The highest BCUT2D eigenvalue weighted by molar-refractivity contribution is 6.26. The number of furan rings is 2. The van der Waals surface area contributed by atoms with Crippen LogP contribution >= 0.6 is 0 Å². The molecule has 0 bridgehead atoms. The van der Waals surface area contributed by atoms with Crippen molar-refractivity contribution < 1.29 is 30.8 Å². The van der Waals surface area contributed by atoms with E-state index < -0.39 is 48.3 Å². The number of para-hydroxylation sites is 2. The van der Waals surface area contributed by atoms with Crippen molar-refractivity contribution in [2.75, 3.05) is 0 Å². The van der Waals surface area contributed by atoms with Crippen molar-refractivity contribution in [3.8, 4) is 66.8 Å². The van der Waals surface area contributed by atoms with Gasteiger partial charge < -0.3 is 8.83 Å². The number of rotatable bonds is 6. The van der Waals surface area contributed by atoms with E-state index in [0.29, 0.717) is 44.5 Å². The van der Waals surface area contributed by atoms with Crippen molar-refractivity contribution >= 4 is 119 Å². The van der Waals surface area contributed by atoms with Crippen molar-refractivity contribution in [3.63, 3.8) is 0 Å². The lowest BCUT2D eigenvalue weighted by Crippen LogP contribution is -1.92. The van der Waals surface area contributed by atoms with Crippen molar-refractivity contribution in [2.24, 2.45) is 0 Å². The Labute approximate surface area is 541 Å². The first kappa shape index (κ1) is 37.7. The van der Waals surface area contributed by atoms with Gasteiger partial charge in [0.05, 0.1) is 21.9 Å². The Bertz CT molecular complexity index is 6920. The van der Waals surface area contributed by atoms with Gasteiger partial charge in [-0.15, -0.1) is 0 Å². The fraction of sp³-hybridized carbons (Fsp3) is 0. The maximum atomic E-state index is 9.41. The summed E-state index contributed by atoms with van der Waals surface area (Å²) >= 11 is 0. The Morgan fingerprint density at radius 3 is 1.00 bits per heavy atom.